The van der Waals surface area contributed by atoms with Crippen molar-refractivity contribution < 1.29 is 0 Å². The largest absolute Gasteiger partial charge is 0.313 e. The number of rotatable bonds is 10. The van der Waals surface area contributed by atoms with Crippen molar-refractivity contribution in [2.45, 2.75) is 71.3 Å². The molecule has 1 unspecified atom stereocenters. The topological polar surface area (TPSA) is 15.3 Å². The fourth-order valence-corrected chi connectivity index (χ4v) is 3.03. The molecule has 1 fully saturated rings. The minimum absolute atomic E-state index is 0.691. The molecule has 0 aromatic rings. The summed E-state index contributed by atoms with van der Waals surface area (Å²) in [6.07, 6.45) is 11.3. The van der Waals surface area contributed by atoms with E-state index in [1.54, 1.807) is 0 Å². The molecule has 1 aliphatic carbocycles. The summed E-state index contributed by atoms with van der Waals surface area (Å²) < 4.78 is 0. The molecular formula is C16H34N2. The average molecular weight is 254 g/mol. The zero-order chi connectivity index (χ0) is 13.2. The first-order valence-electron chi connectivity index (χ1n) is 8.14. The fraction of sp³-hybridized carbons (Fsp3) is 1.00. The summed E-state index contributed by atoms with van der Waals surface area (Å²) in [6.45, 7) is 8.26. The van der Waals surface area contributed by atoms with Crippen molar-refractivity contribution in [1.82, 2.24) is 10.2 Å². The first-order chi connectivity index (χ1) is 8.72. The van der Waals surface area contributed by atoms with Gasteiger partial charge in [-0.3, -0.25) is 0 Å². The monoisotopic (exact) mass is 254 g/mol. The third-order valence-corrected chi connectivity index (χ3v) is 4.27. The Morgan fingerprint density at radius 2 is 1.94 bits per heavy atom. The molecule has 0 saturated heterocycles. The average Bonchev–Trinajstić information content (AvgIpc) is 2.82. The number of hydrogen-bond donors (Lipinski definition) is 1. The summed E-state index contributed by atoms with van der Waals surface area (Å²) in [5, 5.41) is 3.66. The van der Waals surface area contributed by atoms with Gasteiger partial charge in [-0.15, -0.1) is 0 Å². The highest BCUT2D eigenvalue weighted by atomic mass is 15.1. The van der Waals surface area contributed by atoms with E-state index in [1.807, 2.05) is 0 Å². The maximum atomic E-state index is 3.66. The van der Waals surface area contributed by atoms with Crippen molar-refractivity contribution in [3.63, 3.8) is 0 Å². The fourth-order valence-electron chi connectivity index (χ4n) is 3.03. The van der Waals surface area contributed by atoms with Gasteiger partial charge in [0.05, 0.1) is 0 Å². The van der Waals surface area contributed by atoms with Gasteiger partial charge in [-0.05, 0) is 39.2 Å². The van der Waals surface area contributed by atoms with E-state index in [4.69, 9.17) is 0 Å². The molecule has 1 saturated carbocycles. The van der Waals surface area contributed by atoms with Crippen LogP contribution in [-0.4, -0.2) is 37.6 Å². The lowest BCUT2D eigenvalue weighted by Crippen LogP contribution is -2.35. The Morgan fingerprint density at radius 3 is 2.61 bits per heavy atom. The summed E-state index contributed by atoms with van der Waals surface area (Å²) in [5.41, 5.74) is 0. The number of nitrogens with one attached hydrogen (secondary N) is 1. The highest BCUT2D eigenvalue weighted by Gasteiger charge is 2.16. The molecule has 0 aromatic heterocycles. The summed E-state index contributed by atoms with van der Waals surface area (Å²) in [5.74, 6) is 0.983. The molecule has 0 radical (unpaired) electrons. The molecule has 0 aromatic carbocycles. The smallest absolute Gasteiger partial charge is 0.0104 e. The van der Waals surface area contributed by atoms with E-state index < -0.39 is 0 Å². The molecular weight excluding hydrogens is 220 g/mol. The van der Waals surface area contributed by atoms with Crippen LogP contribution < -0.4 is 5.32 Å². The van der Waals surface area contributed by atoms with Gasteiger partial charge in [-0.2, -0.15) is 0 Å². The lowest BCUT2D eigenvalue weighted by atomic mass is 10.1. The minimum Gasteiger partial charge on any atom is -0.313 e. The second-order valence-corrected chi connectivity index (χ2v) is 6.26. The number of unbranched alkanes of at least 4 members (excludes halogenated alkanes) is 2. The first-order valence-corrected chi connectivity index (χ1v) is 8.14. The van der Waals surface area contributed by atoms with E-state index in [-0.39, 0.29) is 0 Å². The van der Waals surface area contributed by atoms with E-state index in [0.29, 0.717) is 6.04 Å². The van der Waals surface area contributed by atoms with E-state index in [0.717, 1.165) is 12.5 Å². The molecule has 0 amide bonds. The van der Waals surface area contributed by atoms with Gasteiger partial charge in [0.15, 0.2) is 0 Å². The van der Waals surface area contributed by atoms with Crippen molar-refractivity contribution in [2.24, 2.45) is 5.92 Å². The van der Waals surface area contributed by atoms with Crippen LogP contribution in [0.1, 0.15) is 65.2 Å². The number of nitrogens with zero attached hydrogens (tertiary/aromatic N) is 1. The molecule has 0 aliphatic heterocycles. The highest BCUT2D eigenvalue weighted by Crippen LogP contribution is 2.24. The molecule has 18 heavy (non-hydrogen) atoms. The predicted octanol–water partition coefficient (Wildman–Crippen LogP) is 3.67. The van der Waals surface area contributed by atoms with Crippen LogP contribution in [0.5, 0.6) is 0 Å². The van der Waals surface area contributed by atoms with E-state index in [9.17, 15) is 0 Å². The van der Waals surface area contributed by atoms with Gasteiger partial charge in [-0.1, -0.05) is 39.0 Å². The minimum atomic E-state index is 0.691. The lowest BCUT2D eigenvalue weighted by molar-refractivity contribution is 0.273. The van der Waals surface area contributed by atoms with Crippen molar-refractivity contribution in [3.05, 3.63) is 0 Å². The van der Waals surface area contributed by atoms with Gasteiger partial charge in [0, 0.05) is 25.7 Å². The van der Waals surface area contributed by atoms with Gasteiger partial charge < -0.3 is 10.2 Å². The maximum Gasteiger partial charge on any atom is 0.0104 e. The highest BCUT2D eigenvalue weighted by molar-refractivity contribution is 4.71. The number of hydrogen-bond acceptors (Lipinski definition) is 2. The third kappa shape index (κ3) is 7.38. The van der Waals surface area contributed by atoms with Crippen LogP contribution in [0, 0.1) is 5.92 Å². The Labute approximate surface area is 115 Å². The first kappa shape index (κ1) is 16.0. The van der Waals surface area contributed by atoms with Crippen molar-refractivity contribution in [3.8, 4) is 0 Å². The van der Waals surface area contributed by atoms with Gasteiger partial charge in [0.25, 0.3) is 0 Å². The Balaban J connectivity index is 1.95. The van der Waals surface area contributed by atoms with Crippen LogP contribution in [0.15, 0.2) is 0 Å². The third-order valence-electron chi connectivity index (χ3n) is 4.27. The van der Waals surface area contributed by atoms with Crippen LogP contribution in [0.4, 0.5) is 0 Å². The van der Waals surface area contributed by atoms with Gasteiger partial charge in [-0.25, -0.2) is 0 Å². The van der Waals surface area contributed by atoms with Crippen molar-refractivity contribution in [2.75, 3.05) is 26.7 Å². The maximum absolute atomic E-state index is 3.66. The zero-order valence-corrected chi connectivity index (χ0v) is 12.9. The summed E-state index contributed by atoms with van der Waals surface area (Å²) >= 11 is 0. The van der Waals surface area contributed by atoms with Crippen molar-refractivity contribution >= 4 is 0 Å². The molecule has 0 heterocycles. The van der Waals surface area contributed by atoms with Crippen molar-refractivity contribution in [1.29, 1.82) is 0 Å². The predicted molar refractivity (Wildman–Crippen MR) is 81.1 cm³/mol. The summed E-state index contributed by atoms with van der Waals surface area (Å²) in [6, 6.07) is 0.691. The molecule has 0 bridgehead atoms. The zero-order valence-electron chi connectivity index (χ0n) is 12.9. The molecule has 1 atom stereocenters. The Morgan fingerprint density at radius 1 is 1.22 bits per heavy atom. The molecule has 1 N–H and O–H groups in total. The molecule has 1 rings (SSSR count). The van der Waals surface area contributed by atoms with Crippen LogP contribution in [0.2, 0.25) is 0 Å². The van der Waals surface area contributed by atoms with Crippen LogP contribution in [0.25, 0.3) is 0 Å². The van der Waals surface area contributed by atoms with Crippen LogP contribution in [0.3, 0.4) is 0 Å². The van der Waals surface area contributed by atoms with Crippen LogP contribution in [-0.2, 0) is 0 Å². The SMILES string of the molecule is CCCCCC(C)NCCN(C)CC1CCCC1. The van der Waals surface area contributed by atoms with Gasteiger partial charge in [0.1, 0.15) is 0 Å². The second kappa shape index (κ2) is 9.80. The molecule has 108 valence electrons. The van der Waals surface area contributed by atoms with E-state index in [1.165, 1.54) is 64.5 Å². The molecule has 2 nitrogen and oxygen atoms in total. The Bertz CT molecular complexity index is 188. The normalized spacial score (nSPS) is 18.7. The number of likely N-dealkylation sites (N-methyl/N-ethyl adjacent to an activating group) is 1. The van der Waals surface area contributed by atoms with Gasteiger partial charge >= 0.3 is 0 Å². The van der Waals surface area contributed by atoms with Gasteiger partial charge in [0.2, 0.25) is 0 Å². The van der Waals surface area contributed by atoms with Crippen LogP contribution >= 0.6 is 0 Å². The standard InChI is InChI=1S/C16H34N2/c1-4-5-6-9-15(2)17-12-13-18(3)14-16-10-7-8-11-16/h15-17H,4-14H2,1-3H3. The Kier molecular flexibility index (Phi) is 8.70. The summed E-state index contributed by atoms with van der Waals surface area (Å²) in [7, 11) is 2.28. The molecule has 0 spiro atoms. The van der Waals surface area contributed by atoms with E-state index >= 15 is 0 Å². The summed E-state index contributed by atoms with van der Waals surface area (Å²) in [4.78, 5) is 2.52. The molecule has 2 heteroatoms. The van der Waals surface area contributed by atoms with E-state index in [2.05, 4.69) is 31.1 Å². The second-order valence-electron chi connectivity index (χ2n) is 6.26. The quantitative estimate of drug-likeness (QED) is 0.598. The lowest BCUT2D eigenvalue weighted by Gasteiger charge is -2.22. The Hall–Kier alpha value is -0.0800. The molecule has 1 aliphatic rings.